The first kappa shape index (κ1) is 23.6. The number of carbonyl (C=O) groups excluding carboxylic acids is 2. The van der Waals surface area contributed by atoms with Crippen LogP contribution in [0, 0.1) is 11.3 Å². The molecule has 1 aromatic rings. The zero-order chi connectivity index (χ0) is 23.6. The largest absolute Gasteiger partial charge is 0.444 e. The van der Waals surface area contributed by atoms with Crippen LogP contribution in [0.3, 0.4) is 0 Å². The molecule has 0 spiro atoms. The number of nitrogens with zero attached hydrogens (tertiary/aromatic N) is 6. The minimum atomic E-state index is -0.605. The van der Waals surface area contributed by atoms with E-state index in [2.05, 4.69) is 20.9 Å². The lowest BCUT2D eigenvalue weighted by molar-refractivity contribution is -0.134. The molecule has 33 heavy (non-hydrogen) atoms. The van der Waals surface area contributed by atoms with Crippen LogP contribution in [0.15, 0.2) is 18.3 Å². The molecule has 3 aliphatic rings. The van der Waals surface area contributed by atoms with Gasteiger partial charge in [0.15, 0.2) is 0 Å². The van der Waals surface area contributed by atoms with Gasteiger partial charge in [0.2, 0.25) is 5.91 Å². The Hall–Kier alpha value is -2.51. The average Bonchev–Trinajstić information content (AvgIpc) is 3.48. The number of nitriles is 1. The summed E-state index contributed by atoms with van der Waals surface area (Å²) in [5, 5.41) is 8.97. The summed E-state index contributed by atoms with van der Waals surface area (Å²) in [5.74, 6) is 2.54. The fraction of sp³-hybridized carbons (Fsp3) is 0.652. The van der Waals surface area contributed by atoms with Gasteiger partial charge in [0.05, 0.1) is 11.4 Å². The number of hydrogen-bond acceptors (Lipinski definition) is 8. The number of amides is 2. The van der Waals surface area contributed by atoms with Crippen molar-refractivity contribution in [3.05, 3.63) is 23.9 Å². The van der Waals surface area contributed by atoms with Gasteiger partial charge in [0, 0.05) is 57.3 Å². The Kier molecular flexibility index (Phi) is 7.00. The second-order valence-electron chi connectivity index (χ2n) is 9.72. The highest BCUT2D eigenvalue weighted by Gasteiger charge is 2.45. The van der Waals surface area contributed by atoms with Gasteiger partial charge in [-0.3, -0.25) is 14.6 Å². The highest BCUT2D eigenvalue weighted by Crippen LogP contribution is 2.29. The molecule has 0 aliphatic carbocycles. The number of pyridine rings is 1. The van der Waals surface area contributed by atoms with E-state index < -0.39 is 17.7 Å². The van der Waals surface area contributed by atoms with Gasteiger partial charge in [0.1, 0.15) is 23.5 Å². The third-order valence-electron chi connectivity index (χ3n) is 6.29. The molecule has 10 heteroatoms. The molecule has 1 aromatic heterocycles. The Bertz CT molecular complexity index is 898. The second-order valence-corrected chi connectivity index (χ2v) is 10.8. The van der Waals surface area contributed by atoms with Crippen molar-refractivity contribution in [3.63, 3.8) is 0 Å². The van der Waals surface area contributed by atoms with Gasteiger partial charge in [-0.25, -0.2) is 9.78 Å². The molecular formula is C23H32N6O3S. The first-order valence-electron chi connectivity index (χ1n) is 11.5. The van der Waals surface area contributed by atoms with Crippen LogP contribution >= 0.6 is 11.8 Å². The van der Waals surface area contributed by atoms with E-state index in [0.29, 0.717) is 24.4 Å². The number of hydrogen-bond donors (Lipinski definition) is 0. The van der Waals surface area contributed by atoms with E-state index in [9.17, 15) is 9.59 Å². The minimum absolute atomic E-state index is 0.0359. The quantitative estimate of drug-likeness (QED) is 0.659. The maximum atomic E-state index is 13.3. The summed E-state index contributed by atoms with van der Waals surface area (Å²) in [6.45, 7) is 10.1. The van der Waals surface area contributed by atoms with Crippen molar-refractivity contribution in [3.8, 4) is 6.07 Å². The van der Waals surface area contributed by atoms with Crippen molar-refractivity contribution in [2.24, 2.45) is 0 Å². The molecule has 0 N–H and O–H groups in total. The average molecular weight is 473 g/mol. The van der Waals surface area contributed by atoms with Gasteiger partial charge >= 0.3 is 6.09 Å². The monoisotopic (exact) mass is 472 g/mol. The Balaban J connectivity index is 1.41. The summed E-state index contributed by atoms with van der Waals surface area (Å²) in [7, 11) is 0. The van der Waals surface area contributed by atoms with Crippen LogP contribution in [0.25, 0.3) is 0 Å². The van der Waals surface area contributed by atoms with Gasteiger partial charge in [-0.1, -0.05) is 0 Å². The molecule has 0 saturated carbocycles. The van der Waals surface area contributed by atoms with Crippen molar-refractivity contribution in [2.45, 2.75) is 44.9 Å². The van der Waals surface area contributed by atoms with Gasteiger partial charge < -0.3 is 14.5 Å². The minimum Gasteiger partial charge on any atom is -0.444 e. The first-order chi connectivity index (χ1) is 15.7. The van der Waals surface area contributed by atoms with Crippen molar-refractivity contribution in [1.29, 1.82) is 5.26 Å². The van der Waals surface area contributed by atoms with Gasteiger partial charge in [-0.05, 0) is 39.3 Å². The molecular weight excluding hydrogens is 440 g/mol. The molecule has 178 valence electrons. The predicted molar refractivity (Wildman–Crippen MR) is 127 cm³/mol. The summed E-state index contributed by atoms with van der Waals surface area (Å²) in [6.07, 6.45) is 1.83. The SMILES string of the molecule is CC(C)(C)OC(=O)N1C[C@@H](N2CCN(c3ccc(C#N)cn3)CC2)C[C@H]1C(=O)N1CCSC1. The van der Waals surface area contributed by atoms with E-state index in [-0.39, 0.29) is 11.9 Å². The molecule has 3 aliphatic heterocycles. The predicted octanol–water partition coefficient (Wildman–Crippen LogP) is 1.99. The highest BCUT2D eigenvalue weighted by atomic mass is 32.2. The highest BCUT2D eigenvalue weighted by molar-refractivity contribution is 7.99. The zero-order valence-corrected chi connectivity index (χ0v) is 20.4. The van der Waals surface area contributed by atoms with Crippen molar-refractivity contribution >= 4 is 29.6 Å². The summed E-state index contributed by atoms with van der Waals surface area (Å²) >= 11 is 1.75. The number of anilines is 1. The molecule has 0 radical (unpaired) electrons. The maximum absolute atomic E-state index is 13.3. The van der Waals surface area contributed by atoms with Gasteiger partial charge in [0.25, 0.3) is 0 Å². The molecule has 0 aromatic carbocycles. The number of aromatic nitrogens is 1. The molecule has 0 unspecified atom stereocenters. The fourth-order valence-electron chi connectivity index (χ4n) is 4.59. The number of rotatable bonds is 3. The maximum Gasteiger partial charge on any atom is 0.411 e. The summed E-state index contributed by atoms with van der Waals surface area (Å²) in [6, 6.07) is 5.42. The molecule has 4 heterocycles. The van der Waals surface area contributed by atoms with E-state index >= 15 is 0 Å². The lowest BCUT2D eigenvalue weighted by atomic mass is 10.1. The van der Waals surface area contributed by atoms with Crippen molar-refractivity contribution in [1.82, 2.24) is 19.7 Å². The van der Waals surface area contributed by atoms with Crippen LogP contribution in [-0.4, -0.2) is 100 Å². The van der Waals surface area contributed by atoms with Crippen LogP contribution in [0.4, 0.5) is 10.6 Å². The van der Waals surface area contributed by atoms with E-state index in [1.54, 1.807) is 28.9 Å². The molecule has 2 amide bonds. The van der Waals surface area contributed by atoms with Gasteiger partial charge in [-0.2, -0.15) is 5.26 Å². The number of thioether (sulfide) groups is 1. The van der Waals surface area contributed by atoms with E-state index in [0.717, 1.165) is 44.3 Å². The number of carbonyl (C=O) groups is 2. The van der Waals surface area contributed by atoms with Crippen LogP contribution in [-0.2, 0) is 9.53 Å². The second kappa shape index (κ2) is 9.77. The van der Waals surface area contributed by atoms with Crippen molar-refractivity contribution < 1.29 is 14.3 Å². The fourth-order valence-corrected chi connectivity index (χ4v) is 5.54. The third-order valence-corrected chi connectivity index (χ3v) is 7.25. The molecule has 3 saturated heterocycles. The molecule has 0 bridgehead atoms. The van der Waals surface area contributed by atoms with Crippen LogP contribution in [0.2, 0.25) is 0 Å². The van der Waals surface area contributed by atoms with Crippen molar-refractivity contribution in [2.75, 3.05) is 55.8 Å². The summed E-state index contributed by atoms with van der Waals surface area (Å²) in [5.41, 5.74) is -0.0518. The van der Waals surface area contributed by atoms with Crippen LogP contribution in [0.1, 0.15) is 32.8 Å². The van der Waals surface area contributed by atoms with E-state index in [1.807, 2.05) is 31.7 Å². The topological polar surface area (TPSA) is 93.0 Å². The van der Waals surface area contributed by atoms with Gasteiger partial charge in [-0.15, -0.1) is 11.8 Å². The smallest absolute Gasteiger partial charge is 0.411 e. The standard InChI is InChI=1S/C23H32N6O3S/c1-23(2,3)32-22(31)29-15-18(12-19(29)21(30)28-10-11-33-16-28)26-6-8-27(9-7-26)20-5-4-17(13-24)14-25-20/h4-5,14,18-19H,6-12,15-16H2,1-3H3/t18-,19-/m0/s1. The van der Waals surface area contributed by atoms with E-state index in [1.165, 1.54) is 0 Å². The Morgan fingerprint density at radius 2 is 1.94 bits per heavy atom. The Morgan fingerprint density at radius 3 is 2.52 bits per heavy atom. The molecule has 2 atom stereocenters. The van der Waals surface area contributed by atoms with Crippen LogP contribution < -0.4 is 4.90 Å². The molecule has 9 nitrogen and oxygen atoms in total. The third kappa shape index (κ3) is 5.53. The summed E-state index contributed by atoms with van der Waals surface area (Å²) < 4.78 is 5.65. The normalized spacial score (nSPS) is 24.1. The number of likely N-dealkylation sites (tertiary alicyclic amines) is 1. The Morgan fingerprint density at radius 1 is 1.18 bits per heavy atom. The molecule has 4 rings (SSSR count). The van der Waals surface area contributed by atoms with Crippen LogP contribution in [0.5, 0.6) is 0 Å². The lowest BCUT2D eigenvalue weighted by Gasteiger charge is -2.38. The number of piperazine rings is 1. The lowest BCUT2D eigenvalue weighted by Crippen LogP contribution is -2.51. The Labute approximate surface area is 199 Å². The van der Waals surface area contributed by atoms with E-state index in [4.69, 9.17) is 10.00 Å². The molecule has 3 fully saturated rings. The zero-order valence-electron chi connectivity index (χ0n) is 19.6. The number of ether oxygens (including phenoxy) is 1. The first-order valence-corrected chi connectivity index (χ1v) is 12.6. The summed E-state index contributed by atoms with van der Waals surface area (Å²) in [4.78, 5) is 38.7.